The lowest BCUT2D eigenvalue weighted by atomic mass is 9.94. The average Bonchev–Trinajstić information content (AvgIpc) is 3.31. The molecule has 2 N–H and O–H groups in total. The minimum absolute atomic E-state index is 0.0790. The Balaban J connectivity index is 1.54. The summed E-state index contributed by atoms with van der Waals surface area (Å²) in [6.07, 6.45) is 2.37. The molecule has 0 saturated carbocycles. The van der Waals surface area contributed by atoms with Crippen LogP contribution in [-0.2, 0) is 22.5 Å². The van der Waals surface area contributed by atoms with Crippen molar-refractivity contribution in [3.8, 4) is 11.3 Å². The molecule has 3 amide bonds. The molecule has 2 aliphatic heterocycles. The highest BCUT2D eigenvalue weighted by Crippen LogP contribution is 2.37. The molecule has 2 aliphatic rings. The van der Waals surface area contributed by atoms with Gasteiger partial charge in [-0.3, -0.25) is 9.69 Å². The minimum atomic E-state index is -0.504. The Morgan fingerprint density at radius 3 is 2.85 bits per heavy atom. The third kappa shape index (κ3) is 4.33. The molecule has 2 aromatic heterocycles. The first-order chi connectivity index (χ1) is 15.9. The largest absolute Gasteiger partial charge is 0.375 e. The van der Waals surface area contributed by atoms with E-state index >= 15 is 0 Å². The average molecular weight is 486 g/mol. The molecule has 0 radical (unpaired) electrons. The molecule has 4 heterocycles. The van der Waals surface area contributed by atoms with Crippen LogP contribution in [0.15, 0.2) is 24.5 Å². The molecule has 3 aromatic rings. The Labute approximate surface area is 200 Å². The van der Waals surface area contributed by atoms with Gasteiger partial charge in [0.15, 0.2) is 0 Å². The van der Waals surface area contributed by atoms with Crippen LogP contribution in [0.1, 0.15) is 22.9 Å². The van der Waals surface area contributed by atoms with Crippen LogP contribution in [-0.4, -0.2) is 58.6 Å². The summed E-state index contributed by atoms with van der Waals surface area (Å²) in [6.45, 7) is 6.30. The van der Waals surface area contributed by atoms with Gasteiger partial charge in [-0.15, -0.1) is 11.3 Å². The van der Waals surface area contributed by atoms with Gasteiger partial charge in [-0.1, -0.05) is 11.6 Å². The summed E-state index contributed by atoms with van der Waals surface area (Å²) in [5.74, 6) is -0.224. The number of hydrogen-bond donors (Lipinski definition) is 2. The van der Waals surface area contributed by atoms with Gasteiger partial charge in [-0.2, -0.15) is 0 Å². The number of ether oxygens (including phenoxy) is 1. The maximum atomic E-state index is 12.3. The fraction of sp³-hybridized carbons (Fsp3) is 0.391. The van der Waals surface area contributed by atoms with Gasteiger partial charge < -0.3 is 15.4 Å². The number of aryl methyl sites for hydroxylation is 1. The van der Waals surface area contributed by atoms with Crippen molar-refractivity contribution in [2.24, 2.45) is 0 Å². The zero-order valence-corrected chi connectivity index (χ0v) is 19.9. The van der Waals surface area contributed by atoms with Crippen LogP contribution in [0, 0.1) is 6.92 Å². The predicted octanol–water partition coefficient (Wildman–Crippen LogP) is 3.29. The molecule has 8 nitrogen and oxygen atoms in total. The first-order valence-corrected chi connectivity index (χ1v) is 12.1. The van der Waals surface area contributed by atoms with Crippen molar-refractivity contribution < 1.29 is 14.3 Å². The van der Waals surface area contributed by atoms with Crippen molar-refractivity contribution in [3.05, 3.63) is 45.6 Å². The number of amides is 3. The van der Waals surface area contributed by atoms with Crippen LogP contribution in [0.5, 0.6) is 0 Å². The highest BCUT2D eigenvalue weighted by Gasteiger charge is 2.35. The molecule has 5 rings (SSSR count). The van der Waals surface area contributed by atoms with Crippen molar-refractivity contribution in [2.75, 3.05) is 19.7 Å². The fourth-order valence-corrected chi connectivity index (χ4v) is 5.75. The maximum Gasteiger partial charge on any atom is 0.325 e. The first-order valence-electron chi connectivity index (χ1n) is 10.9. The Morgan fingerprint density at radius 2 is 2.12 bits per heavy atom. The number of rotatable bonds is 5. The summed E-state index contributed by atoms with van der Waals surface area (Å²) in [6, 6.07) is 4.95. The lowest BCUT2D eigenvalue weighted by Gasteiger charge is -2.25. The molecule has 0 aliphatic carbocycles. The minimum Gasteiger partial charge on any atom is -0.375 e. The second kappa shape index (κ2) is 8.98. The van der Waals surface area contributed by atoms with Gasteiger partial charge in [0.25, 0.3) is 5.91 Å². The Morgan fingerprint density at radius 1 is 1.27 bits per heavy atom. The van der Waals surface area contributed by atoms with Crippen molar-refractivity contribution in [2.45, 2.75) is 39.0 Å². The predicted molar refractivity (Wildman–Crippen MR) is 127 cm³/mol. The van der Waals surface area contributed by atoms with Crippen LogP contribution in [0.25, 0.3) is 21.5 Å². The second-order valence-electron chi connectivity index (χ2n) is 8.39. The van der Waals surface area contributed by atoms with Crippen LogP contribution in [0.4, 0.5) is 4.79 Å². The van der Waals surface area contributed by atoms with Gasteiger partial charge in [-0.25, -0.2) is 14.8 Å². The number of halogens is 1. The third-order valence-electron chi connectivity index (χ3n) is 6.03. The van der Waals surface area contributed by atoms with E-state index in [1.807, 2.05) is 18.2 Å². The number of urea groups is 1. The van der Waals surface area contributed by atoms with E-state index in [0.717, 1.165) is 57.0 Å². The van der Waals surface area contributed by atoms with E-state index in [1.165, 1.54) is 16.2 Å². The molecular weight excluding hydrogens is 462 g/mol. The molecule has 172 valence electrons. The molecule has 2 atom stereocenters. The van der Waals surface area contributed by atoms with Gasteiger partial charge in [0.05, 0.1) is 35.2 Å². The number of imide groups is 1. The summed E-state index contributed by atoms with van der Waals surface area (Å²) < 4.78 is 6.85. The first kappa shape index (κ1) is 22.2. The number of hydrogen-bond acceptors (Lipinski definition) is 7. The van der Waals surface area contributed by atoms with Gasteiger partial charge in [0.2, 0.25) is 0 Å². The number of aromatic nitrogens is 2. The number of carbonyl (C=O) groups is 2. The number of carbonyl (C=O) groups excluding carboxylic acids is 2. The molecule has 0 bridgehead atoms. The van der Waals surface area contributed by atoms with E-state index in [9.17, 15) is 9.59 Å². The number of benzene rings is 1. The van der Waals surface area contributed by atoms with Gasteiger partial charge in [0.1, 0.15) is 12.4 Å². The lowest BCUT2D eigenvalue weighted by molar-refractivity contribution is -0.127. The third-order valence-corrected chi connectivity index (χ3v) is 7.36. The monoisotopic (exact) mass is 485 g/mol. The molecule has 2 saturated heterocycles. The van der Waals surface area contributed by atoms with E-state index < -0.39 is 6.04 Å². The van der Waals surface area contributed by atoms with E-state index in [0.29, 0.717) is 11.6 Å². The van der Waals surface area contributed by atoms with Crippen LogP contribution >= 0.6 is 22.9 Å². The molecule has 33 heavy (non-hydrogen) atoms. The maximum absolute atomic E-state index is 12.3. The molecule has 1 aromatic carbocycles. The molecule has 2 fully saturated rings. The summed E-state index contributed by atoms with van der Waals surface area (Å²) in [5.41, 5.74) is 4.76. The highest BCUT2D eigenvalue weighted by molar-refractivity contribution is 7.19. The zero-order chi connectivity index (χ0) is 23.1. The summed E-state index contributed by atoms with van der Waals surface area (Å²) in [5, 5.41) is 6.68. The van der Waals surface area contributed by atoms with Crippen molar-refractivity contribution in [1.29, 1.82) is 0 Å². The smallest absolute Gasteiger partial charge is 0.325 e. The topological polar surface area (TPSA) is 96.5 Å². The quantitative estimate of drug-likeness (QED) is 0.538. The summed E-state index contributed by atoms with van der Waals surface area (Å²) >= 11 is 7.95. The lowest BCUT2D eigenvalue weighted by Crippen LogP contribution is -2.39. The van der Waals surface area contributed by atoms with Crippen LogP contribution < -0.4 is 10.6 Å². The number of morpholine rings is 1. The Hall–Kier alpha value is -2.59. The SMILES string of the molecule is Cc1cc(Cl)cc(-c2ncnc3cc(CN4C(=O)NC(C)C4=O)sc23)c1CC1CNCCO1. The normalized spacial score (nSPS) is 21.1. The van der Waals surface area contributed by atoms with Gasteiger partial charge >= 0.3 is 6.03 Å². The van der Waals surface area contributed by atoms with E-state index in [2.05, 4.69) is 27.5 Å². The highest BCUT2D eigenvalue weighted by atomic mass is 35.5. The van der Waals surface area contributed by atoms with Crippen molar-refractivity contribution in [1.82, 2.24) is 25.5 Å². The summed E-state index contributed by atoms with van der Waals surface area (Å²) in [7, 11) is 0. The number of nitrogens with zero attached hydrogens (tertiary/aromatic N) is 3. The summed E-state index contributed by atoms with van der Waals surface area (Å²) in [4.78, 5) is 35.6. The molecular formula is C23H24ClN5O3S. The van der Waals surface area contributed by atoms with E-state index in [1.54, 1.807) is 13.3 Å². The van der Waals surface area contributed by atoms with Crippen molar-refractivity contribution >= 4 is 45.1 Å². The molecule has 2 unspecified atom stereocenters. The molecule has 0 spiro atoms. The van der Waals surface area contributed by atoms with E-state index in [-0.39, 0.29) is 24.6 Å². The Bertz CT molecular complexity index is 1240. The number of fused-ring (bicyclic) bond motifs is 1. The van der Waals surface area contributed by atoms with E-state index in [4.69, 9.17) is 16.3 Å². The standard InChI is InChI=1S/C23H24ClN5O3S/c1-12-5-14(24)6-18(17(12)7-15-9-25-3-4-32-15)20-21-19(26-11-27-20)8-16(33-21)10-29-22(30)13(2)28-23(29)31/h5-6,8,11,13,15,25H,3-4,7,9-10H2,1-2H3,(H,28,31). The second-order valence-corrected chi connectivity index (χ2v) is 9.97. The number of nitrogens with one attached hydrogen (secondary N) is 2. The Kier molecular flexibility index (Phi) is 6.05. The molecule has 10 heteroatoms. The fourth-order valence-electron chi connectivity index (χ4n) is 4.37. The van der Waals surface area contributed by atoms with Crippen LogP contribution in [0.2, 0.25) is 5.02 Å². The van der Waals surface area contributed by atoms with Crippen molar-refractivity contribution in [3.63, 3.8) is 0 Å². The van der Waals surface area contributed by atoms with Crippen LogP contribution in [0.3, 0.4) is 0 Å². The zero-order valence-electron chi connectivity index (χ0n) is 18.4. The number of thiophene rings is 1. The van der Waals surface area contributed by atoms with Gasteiger partial charge in [0, 0.05) is 35.0 Å². The van der Waals surface area contributed by atoms with Gasteiger partial charge in [-0.05, 0) is 43.2 Å².